The van der Waals surface area contributed by atoms with Gasteiger partial charge in [0.05, 0.1) is 6.61 Å². The summed E-state index contributed by atoms with van der Waals surface area (Å²) in [6.45, 7) is 3.43. The van der Waals surface area contributed by atoms with Crippen LogP contribution >= 0.6 is 0 Å². The predicted octanol–water partition coefficient (Wildman–Crippen LogP) is 2.71. The van der Waals surface area contributed by atoms with Gasteiger partial charge in [0.1, 0.15) is 0 Å². The molecule has 2 rings (SSSR count). The van der Waals surface area contributed by atoms with Gasteiger partial charge in [-0.25, -0.2) is 0 Å². The Balaban J connectivity index is 2.19. The van der Waals surface area contributed by atoms with Crippen LogP contribution in [0.3, 0.4) is 0 Å². The Kier molecular flexibility index (Phi) is 4.20. The molecule has 18 heavy (non-hydrogen) atoms. The summed E-state index contributed by atoms with van der Waals surface area (Å²) in [6, 6.07) is 6.39. The molecule has 1 aliphatic rings. The van der Waals surface area contributed by atoms with Gasteiger partial charge < -0.3 is 20.8 Å². The molecule has 0 spiro atoms. The van der Waals surface area contributed by atoms with Crippen LogP contribution in [0.4, 0.5) is 11.4 Å². The summed E-state index contributed by atoms with van der Waals surface area (Å²) in [6.07, 6.45) is 2.22. The number of anilines is 2. The lowest BCUT2D eigenvalue weighted by atomic mass is 10.1. The van der Waals surface area contributed by atoms with Crippen LogP contribution in [-0.2, 0) is 4.74 Å². The monoisotopic (exact) mass is 247 g/mol. The van der Waals surface area contributed by atoms with Crippen LogP contribution < -0.4 is 10.6 Å². The minimum Gasteiger partial charge on any atom is -0.388 e. The summed E-state index contributed by atoms with van der Waals surface area (Å²) < 4.78 is 5.48. The standard InChI is InChI=1S/C14H21N3O/c1-10(15)13-6-5-11(16-2)8-14(13)17-12-4-3-7-18-9-12/h5-6,8,12,15-17H,3-4,7,9H2,1-2H3. The van der Waals surface area contributed by atoms with Crippen LogP contribution in [0.2, 0.25) is 0 Å². The zero-order valence-electron chi connectivity index (χ0n) is 11.0. The molecule has 1 aromatic carbocycles. The highest BCUT2D eigenvalue weighted by molar-refractivity contribution is 6.02. The molecule has 0 saturated carbocycles. The van der Waals surface area contributed by atoms with E-state index in [1.165, 1.54) is 0 Å². The van der Waals surface area contributed by atoms with E-state index in [9.17, 15) is 0 Å². The average molecular weight is 247 g/mol. The van der Waals surface area contributed by atoms with Gasteiger partial charge in [-0.2, -0.15) is 0 Å². The molecule has 3 N–H and O–H groups in total. The normalized spacial score (nSPS) is 19.3. The van der Waals surface area contributed by atoms with Crippen molar-refractivity contribution < 1.29 is 4.74 Å². The summed E-state index contributed by atoms with van der Waals surface area (Å²) in [7, 11) is 1.90. The van der Waals surface area contributed by atoms with E-state index in [2.05, 4.69) is 16.7 Å². The van der Waals surface area contributed by atoms with Crippen LogP contribution in [-0.4, -0.2) is 32.0 Å². The number of rotatable bonds is 4. The lowest BCUT2D eigenvalue weighted by Gasteiger charge is -2.25. The van der Waals surface area contributed by atoms with Crippen LogP contribution in [0, 0.1) is 5.41 Å². The van der Waals surface area contributed by atoms with E-state index in [0.29, 0.717) is 11.8 Å². The van der Waals surface area contributed by atoms with Crippen molar-refractivity contribution in [1.82, 2.24) is 0 Å². The molecule has 0 aliphatic carbocycles. The van der Waals surface area contributed by atoms with E-state index in [1.807, 2.05) is 26.1 Å². The average Bonchev–Trinajstić information content (AvgIpc) is 2.39. The summed E-state index contributed by atoms with van der Waals surface area (Å²) in [5.74, 6) is 0. The first-order valence-electron chi connectivity index (χ1n) is 6.42. The van der Waals surface area contributed by atoms with Crippen LogP contribution in [0.25, 0.3) is 0 Å². The molecule has 98 valence electrons. The molecule has 0 aromatic heterocycles. The first-order chi connectivity index (χ1) is 8.70. The molecule has 4 heteroatoms. The third-order valence-corrected chi connectivity index (χ3v) is 3.23. The SMILES string of the molecule is CNc1ccc(C(C)=N)c(NC2CCCOC2)c1. The van der Waals surface area contributed by atoms with Gasteiger partial charge in [-0.1, -0.05) is 0 Å². The Morgan fingerprint density at radius 1 is 1.44 bits per heavy atom. The molecule has 1 saturated heterocycles. The van der Waals surface area contributed by atoms with E-state index in [-0.39, 0.29) is 0 Å². The van der Waals surface area contributed by atoms with Gasteiger partial charge in [0.2, 0.25) is 0 Å². The van der Waals surface area contributed by atoms with Crippen molar-refractivity contribution in [2.75, 3.05) is 30.9 Å². The largest absolute Gasteiger partial charge is 0.388 e. The number of benzene rings is 1. The number of ether oxygens (including phenoxy) is 1. The molecule has 1 heterocycles. The van der Waals surface area contributed by atoms with Gasteiger partial charge >= 0.3 is 0 Å². The van der Waals surface area contributed by atoms with E-state index < -0.39 is 0 Å². The summed E-state index contributed by atoms with van der Waals surface area (Å²) in [5.41, 5.74) is 3.61. The number of hydrogen-bond donors (Lipinski definition) is 3. The van der Waals surface area contributed by atoms with Crippen molar-refractivity contribution in [3.63, 3.8) is 0 Å². The predicted molar refractivity (Wildman–Crippen MR) is 76.0 cm³/mol. The van der Waals surface area contributed by atoms with Crippen molar-refractivity contribution >= 4 is 17.1 Å². The summed E-state index contributed by atoms with van der Waals surface area (Å²) in [4.78, 5) is 0. The Bertz CT molecular complexity index is 425. The highest BCUT2D eigenvalue weighted by Gasteiger charge is 2.15. The van der Waals surface area contributed by atoms with Crippen molar-refractivity contribution in [3.05, 3.63) is 23.8 Å². The molecule has 0 radical (unpaired) electrons. The maximum atomic E-state index is 7.83. The molecule has 1 unspecified atom stereocenters. The number of nitrogens with one attached hydrogen (secondary N) is 3. The van der Waals surface area contributed by atoms with Crippen LogP contribution in [0.5, 0.6) is 0 Å². The summed E-state index contributed by atoms with van der Waals surface area (Å²) >= 11 is 0. The maximum Gasteiger partial charge on any atom is 0.0667 e. The molecule has 1 aliphatic heterocycles. The van der Waals surface area contributed by atoms with Gasteiger partial charge in [0, 0.05) is 42.3 Å². The van der Waals surface area contributed by atoms with Gasteiger partial charge in [-0.3, -0.25) is 0 Å². The van der Waals surface area contributed by atoms with Crippen molar-refractivity contribution in [2.24, 2.45) is 0 Å². The van der Waals surface area contributed by atoms with E-state index in [4.69, 9.17) is 10.1 Å². The van der Waals surface area contributed by atoms with Gasteiger partial charge in [-0.05, 0) is 38.0 Å². The fourth-order valence-corrected chi connectivity index (χ4v) is 2.22. The molecular weight excluding hydrogens is 226 g/mol. The maximum absolute atomic E-state index is 7.83. The van der Waals surface area contributed by atoms with E-state index in [0.717, 1.165) is 43.0 Å². The van der Waals surface area contributed by atoms with Gasteiger partial charge in [0.15, 0.2) is 0 Å². The smallest absolute Gasteiger partial charge is 0.0667 e. The molecule has 4 nitrogen and oxygen atoms in total. The topological polar surface area (TPSA) is 57.1 Å². The van der Waals surface area contributed by atoms with Gasteiger partial charge in [-0.15, -0.1) is 0 Å². The highest BCUT2D eigenvalue weighted by Crippen LogP contribution is 2.23. The lowest BCUT2D eigenvalue weighted by Crippen LogP contribution is -2.30. The van der Waals surface area contributed by atoms with E-state index in [1.54, 1.807) is 0 Å². The minimum atomic E-state index is 0.351. The molecule has 1 aromatic rings. The quantitative estimate of drug-likeness (QED) is 0.717. The third-order valence-electron chi connectivity index (χ3n) is 3.23. The minimum absolute atomic E-state index is 0.351. The Morgan fingerprint density at radius 3 is 2.89 bits per heavy atom. The molecular formula is C14H21N3O. The van der Waals surface area contributed by atoms with Crippen molar-refractivity contribution in [1.29, 1.82) is 5.41 Å². The zero-order valence-corrected chi connectivity index (χ0v) is 11.0. The van der Waals surface area contributed by atoms with Gasteiger partial charge in [0.25, 0.3) is 0 Å². The van der Waals surface area contributed by atoms with Crippen molar-refractivity contribution in [3.8, 4) is 0 Å². The fraction of sp³-hybridized carbons (Fsp3) is 0.500. The second kappa shape index (κ2) is 5.87. The Morgan fingerprint density at radius 2 is 2.28 bits per heavy atom. The molecule has 1 atom stereocenters. The van der Waals surface area contributed by atoms with Crippen LogP contribution in [0.1, 0.15) is 25.3 Å². The van der Waals surface area contributed by atoms with Crippen LogP contribution in [0.15, 0.2) is 18.2 Å². The second-order valence-corrected chi connectivity index (χ2v) is 4.69. The van der Waals surface area contributed by atoms with E-state index >= 15 is 0 Å². The summed E-state index contributed by atoms with van der Waals surface area (Å²) in [5, 5.41) is 14.5. The number of hydrogen-bond acceptors (Lipinski definition) is 4. The highest BCUT2D eigenvalue weighted by atomic mass is 16.5. The van der Waals surface area contributed by atoms with Crippen molar-refractivity contribution in [2.45, 2.75) is 25.8 Å². The fourth-order valence-electron chi connectivity index (χ4n) is 2.22. The Hall–Kier alpha value is -1.55. The molecule has 0 bridgehead atoms. The first-order valence-corrected chi connectivity index (χ1v) is 6.42. The second-order valence-electron chi connectivity index (χ2n) is 4.69. The first kappa shape index (κ1) is 12.9. The molecule has 1 fully saturated rings. The Labute approximate surface area is 108 Å². The third kappa shape index (κ3) is 3.01. The molecule has 0 amide bonds. The lowest BCUT2D eigenvalue weighted by molar-refractivity contribution is 0.0876. The zero-order chi connectivity index (χ0) is 13.0.